The maximum absolute atomic E-state index is 13.0. The lowest BCUT2D eigenvalue weighted by Gasteiger charge is -2.15. The van der Waals surface area contributed by atoms with E-state index in [0.29, 0.717) is 36.6 Å². The van der Waals surface area contributed by atoms with Gasteiger partial charge in [0.05, 0.1) is 19.4 Å². The van der Waals surface area contributed by atoms with Gasteiger partial charge in [-0.05, 0) is 26.2 Å². The third kappa shape index (κ3) is 4.23. The van der Waals surface area contributed by atoms with Gasteiger partial charge in [-0.3, -0.25) is 13.9 Å². The van der Waals surface area contributed by atoms with Gasteiger partial charge in [-0.2, -0.15) is 4.98 Å². The monoisotopic (exact) mass is 455 g/mol. The van der Waals surface area contributed by atoms with Crippen LogP contribution >= 0.6 is 0 Å². The zero-order valence-electron chi connectivity index (χ0n) is 19.5. The number of aromatic nitrogens is 4. The number of nitrogens with one attached hydrogen (secondary N) is 1. The number of rotatable bonds is 8. The van der Waals surface area contributed by atoms with Crippen LogP contribution in [0.5, 0.6) is 5.75 Å². The predicted molar refractivity (Wildman–Crippen MR) is 126 cm³/mol. The van der Waals surface area contributed by atoms with Gasteiger partial charge in [-0.1, -0.05) is 17.3 Å². The summed E-state index contributed by atoms with van der Waals surface area (Å²) in [6, 6.07) is 7.65. The van der Waals surface area contributed by atoms with Gasteiger partial charge in [-0.25, -0.2) is 4.79 Å². The molecule has 0 fully saturated rings. The van der Waals surface area contributed by atoms with Crippen molar-refractivity contribution in [2.24, 2.45) is 19.3 Å². The Hall–Kier alpha value is -3.60. The zero-order chi connectivity index (χ0) is 23.7. The SMILES string of the molecule is COc1ccccc1C1=NO[C@@H](Cn2c(NCCN(C)C)nc3c2c(=O)n(C)c(=O)n3C)C1. The first-order valence-electron chi connectivity index (χ1n) is 10.7. The number of hydrogen-bond donors (Lipinski definition) is 1. The summed E-state index contributed by atoms with van der Waals surface area (Å²) < 4.78 is 9.72. The lowest BCUT2D eigenvalue weighted by molar-refractivity contribution is 0.0736. The highest BCUT2D eigenvalue weighted by Gasteiger charge is 2.28. The molecule has 33 heavy (non-hydrogen) atoms. The molecule has 1 aromatic carbocycles. The fourth-order valence-corrected chi connectivity index (χ4v) is 3.92. The van der Waals surface area contributed by atoms with Crippen LogP contribution < -0.4 is 21.3 Å². The van der Waals surface area contributed by atoms with Crippen LogP contribution in [0.4, 0.5) is 5.95 Å². The van der Waals surface area contributed by atoms with Gasteiger partial charge in [0.15, 0.2) is 17.3 Å². The second kappa shape index (κ2) is 9.10. The lowest BCUT2D eigenvalue weighted by Crippen LogP contribution is -2.38. The summed E-state index contributed by atoms with van der Waals surface area (Å²) in [5.41, 5.74) is 1.52. The number of nitrogens with zero attached hydrogens (tertiary/aromatic N) is 6. The highest BCUT2D eigenvalue weighted by atomic mass is 16.6. The standard InChI is InChI=1S/C22H29N7O4/c1-26(2)11-10-23-21-24-19-18(20(30)28(4)22(31)27(19)3)29(21)13-14-12-16(25-33-14)15-8-6-7-9-17(15)32-5/h6-9,14H,10-13H2,1-5H3,(H,23,24)/t14-/m1/s1. The van der Waals surface area contributed by atoms with E-state index in [1.54, 1.807) is 18.7 Å². The first-order valence-corrected chi connectivity index (χ1v) is 10.7. The van der Waals surface area contributed by atoms with Gasteiger partial charge in [0.2, 0.25) is 5.95 Å². The Labute approximate surface area is 190 Å². The Morgan fingerprint density at radius 2 is 1.97 bits per heavy atom. The van der Waals surface area contributed by atoms with E-state index in [0.717, 1.165) is 28.1 Å². The molecular formula is C22H29N7O4. The van der Waals surface area contributed by atoms with Crippen molar-refractivity contribution in [1.82, 2.24) is 23.6 Å². The molecule has 4 rings (SSSR count). The van der Waals surface area contributed by atoms with Crippen LogP contribution in [-0.2, 0) is 25.5 Å². The molecule has 0 saturated heterocycles. The molecule has 11 heteroatoms. The largest absolute Gasteiger partial charge is 0.496 e. The molecule has 1 N–H and O–H groups in total. The summed E-state index contributed by atoms with van der Waals surface area (Å²) in [7, 11) is 8.66. The van der Waals surface area contributed by atoms with Gasteiger partial charge in [0.25, 0.3) is 5.56 Å². The van der Waals surface area contributed by atoms with Crippen LogP contribution in [0.2, 0.25) is 0 Å². The van der Waals surface area contributed by atoms with Gasteiger partial charge >= 0.3 is 5.69 Å². The van der Waals surface area contributed by atoms with Crippen molar-refractivity contribution < 1.29 is 9.57 Å². The van der Waals surface area contributed by atoms with Crippen molar-refractivity contribution >= 4 is 22.8 Å². The highest BCUT2D eigenvalue weighted by Crippen LogP contribution is 2.26. The van der Waals surface area contributed by atoms with Crippen molar-refractivity contribution in [1.29, 1.82) is 0 Å². The number of anilines is 1. The van der Waals surface area contributed by atoms with Gasteiger partial charge < -0.3 is 24.4 Å². The summed E-state index contributed by atoms with van der Waals surface area (Å²) in [6.45, 7) is 1.75. The van der Waals surface area contributed by atoms with Crippen molar-refractivity contribution in [2.75, 3.05) is 39.6 Å². The van der Waals surface area contributed by atoms with Crippen LogP contribution in [0.3, 0.4) is 0 Å². The van der Waals surface area contributed by atoms with Crippen LogP contribution in [0.15, 0.2) is 39.0 Å². The maximum atomic E-state index is 13.0. The van der Waals surface area contributed by atoms with E-state index in [9.17, 15) is 9.59 Å². The fraction of sp³-hybridized carbons (Fsp3) is 0.455. The molecule has 1 aliphatic heterocycles. The minimum Gasteiger partial charge on any atom is -0.496 e. The Morgan fingerprint density at radius 3 is 2.70 bits per heavy atom. The normalized spacial score (nSPS) is 15.7. The first-order chi connectivity index (χ1) is 15.8. The molecule has 11 nitrogen and oxygen atoms in total. The van der Waals surface area contributed by atoms with E-state index in [2.05, 4.69) is 15.5 Å². The Bertz CT molecular complexity index is 1320. The molecule has 0 saturated carbocycles. The molecule has 3 heterocycles. The van der Waals surface area contributed by atoms with E-state index in [-0.39, 0.29) is 6.10 Å². The molecule has 3 aromatic rings. The molecule has 0 aliphatic carbocycles. The number of oxime groups is 1. The Kier molecular flexibility index (Phi) is 6.23. The summed E-state index contributed by atoms with van der Waals surface area (Å²) in [6.07, 6.45) is 0.238. The number of ether oxygens (including phenoxy) is 1. The number of aryl methyl sites for hydroxylation is 1. The molecule has 176 valence electrons. The number of hydrogen-bond acceptors (Lipinski definition) is 8. The number of para-hydroxylation sites is 1. The van der Waals surface area contributed by atoms with E-state index in [1.165, 1.54) is 11.6 Å². The molecule has 0 amide bonds. The predicted octanol–water partition coefficient (Wildman–Crippen LogP) is 0.609. The van der Waals surface area contributed by atoms with E-state index in [1.807, 2.05) is 43.3 Å². The van der Waals surface area contributed by atoms with E-state index >= 15 is 0 Å². The third-order valence-electron chi connectivity index (χ3n) is 5.73. The fourth-order valence-electron chi connectivity index (χ4n) is 3.92. The van der Waals surface area contributed by atoms with Crippen LogP contribution in [-0.4, -0.2) is 69.7 Å². The minimum atomic E-state index is -0.420. The minimum absolute atomic E-state index is 0.307. The number of fused-ring (bicyclic) bond motifs is 1. The van der Waals surface area contributed by atoms with Gasteiger partial charge in [0.1, 0.15) is 5.75 Å². The van der Waals surface area contributed by atoms with Gasteiger partial charge in [-0.15, -0.1) is 0 Å². The molecule has 2 aromatic heterocycles. The van der Waals surface area contributed by atoms with Crippen molar-refractivity contribution in [3.05, 3.63) is 50.7 Å². The smallest absolute Gasteiger partial charge is 0.332 e. The average Bonchev–Trinajstić information content (AvgIpc) is 3.41. The topological polar surface area (TPSA) is 108 Å². The van der Waals surface area contributed by atoms with Crippen molar-refractivity contribution in [2.45, 2.75) is 19.1 Å². The third-order valence-corrected chi connectivity index (χ3v) is 5.73. The summed E-state index contributed by atoms with van der Waals surface area (Å²) >= 11 is 0. The first kappa shape index (κ1) is 22.6. The van der Waals surface area contributed by atoms with Crippen molar-refractivity contribution in [3.63, 3.8) is 0 Å². The Balaban J connectivity index is 1.68. The molecule has 1 aliphatic rings. The molecule has 0 bridgehead atoms. The lowest BCUT2D eigenvalue weighted by atomic mass is 10.0. The maximum Gasteiger partial charge on any atom is 0.332 e. The zero-order valence-corrected chi connectivity index (χ0v) is 19.5. The molecule has 0 unspecified atom stereocenters. The molecule has 1 atom stereocenters. The van der Waals surface area contributed by atoms with Crippen LogP contribution in [0, 0.1) is 0 Å². The second-order valence-electron chi connectivity index (χ2n) is 8.32. The van der Waals surface area contributed by atoms with Gasteiger partial charge in [0, 0.05) is 39.2 Å². The number of benzene rings is 1. The molecule has 0 spiro atoms. The molecule has 0 radical (unpaired) electrons. The van der Waals surface area contributed by atoms with Crippen LogP contribution in [0.1, 0.15) is 12.0 Å². The summed E-state index contributed by atoms with van der Waals surface area (Å²) in [5.74, 6) is 1.24. The number of likely N-dealkylation sites (N-methyl/N-ethyl adjacent to an activating group) is 1. The number of methoxy groups -OCH3 is 1. The van der Waals surface area contributed by atoms with E-state index in [4.69, 9.17) is 9.57 Å². The summed E-state index contributed by atoms with van der Waals surface area (Å²) in [4.78, 5) is 37.8. The van der Waals surface area contributed by atoms with E-state index < -0.39 is 11.2 Å². The summed E-state index contributed by atoms with van der Waals surface area (Å²) in [5, 5.41) is 7.58. The Morgan fingerprint density at radius 1 is 1.21 bits per heavy atom. The van der Waals surface area contributed by atoms with Crippen molar-refractivity contribution in [3.8, 4) is 5.75 Å². The average molecular weight is 456 g/mol. The second-order valence-corrected chi connectivity index (χ2v) is 8.32. The molecular weight excluding hydrogens is 426 g/mol. The highest BCUT2D eigenvalue weighted by molar-refractivity contribution is 6.03. The number of imidazole rings is 1. The quantitative estimate of drug-likeness (QED) is 0.530. The van der Waals surface area contributed by atoms with Crippen LogP contribution in [0.25, 0.3) is 11.2 Å².